The van der Waals surface area contributed by atoms with Crippen molar-refractivity contribution in [2.45, 2.75) is 24.8 Å². The van der Waals surface area contributed by atoms with E-state index < -0.39 is 23.3 Å². The molecule has 1 aliphatic carbocycles. The van der Waals surface area contributed by atoms with Gasteiger partial charge in [0.1, 0.15) is 6.04 Å². The smallest absolute Gasteiger partial charge is 0.321 e. The first-order chi connectivity index (χ1) is 7.92. The number of rotatable bonds is 4. The molecule has 17 heavy (non-hydrogen) atoms. The van der Waals surface area contributed by atoms with Crippen LogP contribution in [0.15, 0.2) is 30.3 Å². The normalized spacial score (nSPS) is 19.7. The van der Waals surface area contributed by atoms with Crippen molar-refractivity contribution in [2.75, 3.05) is 0 Å². The lowest BCUT2D eigenvalue weighted by Crippen LogP contribution is -2.47. The van der Waals surface area contributed by atoms with Crippen LogP contribution in [-0.4, -0.2) is 17.1 Å². The predicted molar refractivity (Wildman–Crippen MR) is 57.6 cm³/mol. The van der Waals surface area contributed by atoms with Crippen molar-refractivity contribution >= 4 is 5.97 Å². The molecule has 1 aromatic carbocycles. The van der Waals surface area contributed by atoms with Gasteiger partial charge in [0.15, 0.2) is 0 Å². The number of aliphatic carboxylic acids is 1. The van der Waals surface area contributed by atoms with Gasteiger partial charge in [0.25, 0.3) is 5.92 Å². The summed E-state index contributed by atoms with van der Waals surface area (Å²) in [6, 6.07) is 5.72. The van der Waals surface area contributed by atoms with E-state index in [9.17, 15) is 13.6 Å². The van der Waals surface area contributed by atoms with Crippen LogP contribution in [0.25, 0.3) is 0 Å². The molecule has 92 valence electrons. The van der Waals surface area contributed by atoms with Crippen molar-refractivity contribution in [1.29, 1.82) is 0 Å². The van der Waals surface area contributed by atoms with Gasteiger partial charge in [-0.2, -0.15) is 0 Å². The maximum atomic E-state index is 14.3. The molecule has 1 fully saturated rings. The van der Waals surface area contributed by atoms with Crippen LogP contribution in [0.2, 0.25) is 0 Å². The van der Waals surface area contributed by atoms with Gasteiger partial charge in [-0.3, -0.25) is 4.79 Å². The van der Waals surface area contributed by atoms with E-state index in [-0.39, 0.29) is 18.4 Å². The maximum Gasteiger partial charge on any atom is 0.321 e. The Morgan fingerprint density at radius 2 is 1.88 bits per heavy atom. The second-order valence-corrected chi connectivity index (χ2v) is 4.41. The lowest BCUT2D eigenvalue weighted by atomic mass is 9.85. The molecule has 0 aliphatic heterocycles. The van der Waals surface area contributed by atoms with Gasteiger partial charge in [0.2, 0.25) is 0 Å². The minimum Gasteiger partial charge on any atom is -0.480 e. The van der Waals surface area contributed by atoms with Crippen molar-refractivity contribution in [3.05, 3.63) is 35.9 Å². The first-order valence-corrected chi connectivity index (χ1v) is 5.33. The van der Waals surface area contributed by atoms with E-state index in [1.54, 1.807) is 6.07 Å². The van der Waals surface area contributed by atoms with Gasteiger partial charge in [0, 0.05) is 5.56 Å². The molecule has 3 nitrogen and oxygen atoms in total. The number of carboxylic acids is 1. The molecule has 1 saturated carbocycles. The zero-order valence-corrected chi connectivity index (χ0v) is 9.07. The third-order valence-corrected chi connectivity index (χ3v) is 3.41. The summed E-state index contributed by atoms with van der Waals surface area (Å²) >= 11 is 0. The van der Waals surface area contributed by atoms with Gasteiger partial charge in [-0.05, 0) is 12.8 Å². The van der Waals surface area contributed by atoms with Crippen molar-refractivity contribution in [1.82, 2.24) is 0 Å². The van der Waals surface area contributed by atoms with Gasteiger partial charge in [-0.25, -0.2) is 8.78 Å². The lowest BCUT2D eigenvalue weighted by molar-refractivity contribution is -0.150. The summed E-state index contributed by atoms with van der Waals surface area (Å²) in [6.07, 6.45) is 0.282. The number of alkyl halides is 2. The Morgan fingerprint density at radius 1 is 1.35 bits per heavy atom. The summed E-state index contributed by atoms with van der Waals surface area (Å²) in [5.41, 5.74) is 3.60. The lowest BCUT2D eigenvalue weighted by Gasteiger charge is -2.29. The first kappa shape index (κ1) is 12.0. The summed E-state index contributed by atoms with van der Waals surface area (Å²) in [5, 5.41) is 8.81. The molecule has 2 rings (SSSR count). The Balaban J connectivity index is 2.36. The topological polar surface area (TPSA) is 63.3 Å². The van der Waals surface area contributed by atoms with Gasteiger partial charge < -0.3 is 10.8 Å². The molecule has 3 N–H and O–H groups in total. The van der Waals surface area contributed by atoms with E-state index in [2.05, 4.69) is 0 Å². The number of halogens is 2. The van der Waals surface area contributed by atoms with Crippen molar-refractivity contribution < 1.29 is 18.7 Å². The van der Waals surface area contributed by atoms with Crippen molar-refractivity contribution in [3.8, 4) is 0 Å². The third-order valence-electron chi connectivity index (χ3n) is 3.41. The summed E-state index contributed by atoms with van der Waals surface area (Å²) in [5.74, 6) is -4.58. The molecule has 0 bridgehead atoms. The summed E-state index contributed by atoms with van der Waals surface area (Å²) in [6.45, 7) is 0. The van der Waals surface area contributed by atoms with E-state index >= 15 is 0 Å². The monoisotopic (exact) mass is 241 g/mol. The van der Waals surface area contributed by atoms with E-state index in [0.29, 0.717) is 0 Å². The third kappa shape index (κ3) is 1.70. The first-order valence-electron chi connectivity index (χ1n) is 5.33. The average Bonchev–Trinajstić information content (AvgIpc) is 3.10. The molecular formula is C12H13F2NO2. The molecule has 1 atom stereocenters. The fourth-order valence-corrected chi connectivity index (χ4v) is 2.13. The second kappa shape index (κ2) is 3.77. The van der Waals surface area contributed by atoms with E-state index in [4.69, 9.17) is 10.8 Å². The highest BCUT2D eigenvalue weighted by Gasteiger charge is 2.67. The van der Waals surface area contributed by atoms with Gasteiger partial charge in [0.05, 0.1) is 5.41 Å². The summed E-state index contributed by atoms with van der Waals surface area (Å²) in [7, 11) is 0. The van der Waals surface area contributed by atoms with Crippen molar-refractivity contribution in [3.63, 3.8) is 0 Å². The zero-order chi connectivity index (χ0) is 12.7. The van der Waals surface area contributed by atoms with Crippen LogP contribution >= 0.6 is 0 Å². The number of nitrogens with two attached hydrogens (primary N) is 1. The Bertz CT molecular complexity index is 429. The fraction of sp³-hybridized carbons (Fsp3) is 0.417. The number of hydrogen-bond acceptors (Lipinski definition) is 2. The molecule has 1 aliphatic rings. The van der Waals surface area contributed by atoms with Crippen LogP contribution in [-0.2, 0) is 10.7 Å². The summed E-state index contributed by atoms with van der Waals surface area (Å²) in [4.78, 5) is 10.8. The van der Waals surface area contributed by atoms with Crippen LogP contribution in [0.3, 0.4) is 0 Å². The molecule has 1 aromatic rings. The van der Waals surface area contributed by atoms with Gasteiger partial charge >= 0.3 is 5.97 Å². The largest absolute Gasteiger partial charge is 0.480 e. The number of carbonyl (C=O) groups is 1. The molecule has 0 amide bonds. The highest BCUT2D eigenvalue weighted by Crippen LogP contribution is 2.62. The SMILES string of the molecule is NC(C(=O)O)C1(C(F)(F)c2ccccc2)CC1. The standard InChI is InChI=1S/C12H13F2NO2/c13-12(14,8-4-2-1-3-5-8)11(6-7-11)9(15)10(16)17/h1-5,9H,6-7,15H2,(H,16,17). The minimum atomic E-state index is -3.20. The molecule has 1 unspecified atom stereocenters. The van der Waals surface area contributed by atoms with Crippen molar-refractivity contribution in [2.24, 2.45) is 11.1 Å². The Kier molecular flexibility index (Phi) is 2.66. The van der Waals surface area contributed by atoms with Crippen LogP contribution < -0.4 is 5.73 Å². The second-order valence-electron chi connectivity index (χ2n) is 4.41. The molecular weight excluding hydrogens is 228 g/mol. The van der Waals surface area contributed by atoms with E-state index in [1.807, 2.05) is 0 Å². The molecule has 0 radical (unpaired) electrons. The molecule has 0 saturated heterocycles. The number of carboxylic acid groups (broad SMARTS) is 1. The Labute approximate surface area is 97.2 Å². The molecule has 5 heteroatoms. The van der Waals surface area contributed by atoms with E-state index in [0.717, 1.165) is 0 Å². The quantitative estimate of drug-likeness (QED) is 0.847. The summed E-state index contributed by atoms with van der Waals surface area (Å²) < 4.78 is 28.5. The Hall–Kier alpha value is -1.49. The Morgan fingerprint density at radius 3 is 2.29 bits per heavy atom. The predicted octanol–water partition coefficient (Wildman–Crippen LogP) is 1.97. The zero-order valence-electron chi connectivity index (χ0n) is 9.07. The van der Waals surface area contributed by atoms with Crippen LogP contribution in [0.1, 0.15) is 18.4 Å². The minimum absolute atomic E-state index is 0.141. The van der Waals surface area contributed by atoms with Crippen LogP contribution in [0, 0.1) is 5.41 Å². The van der Waals surface area contributed by atoms with Crippen LogP contribution in [0.5, 0.6) is 0 Å². The molecule has 0 spiro atoms. The van der Waals surface area contributed by atoms with Gasteiger partial charge in [-0.15, -0.1) is 0 Å². The van der Waals surface area contributed by atoms with Crippen LogP contribution in [0.4, 0.5) is 8.78 Å². The van der Waals surface area contributed by atoms with Gasteiger partial charge in [-0.1, -0.05) is 30.3 Å². The average molecular weight is 241 g/mol. The number of benzene rings is 1. The molecule has 0 aromatic heterocycles. The molecule has 0 heterocycles. The highest BCUT2D eigenvalue weighted by atomic mass is 19.3. The maximum absolute atomic E-state index is 14.3. The fourth-order valence-electron chi connectivity index (χ4n) is 2.13. The highest BCUT2D eigenvalue weighted by molar-refractivity contribution is 5.75. The van der Waals surface area contributed by atoms with E-state index in [1.165, 1.54) is 24.3 Å². The number of hydrogen-bond donors (Lipinski definition) is 2.